The Morgan fingerprint density at radius 3 is 2.82 bits per heavy atom. The van der Waals surface area contributed by atoms with Crippen molar-refractivity contribution in [1.82, 2.24) is 15.2 Å². The van der Waals surface area contributed by atoms with E-state index in [1.54, 1.807) is 24.3 Å². The zero-order valence-corrected chi connectivity index (χ0v) is 12.6. The van der Waals surface area contributed by atoms with E-state index in [0.29, 0.717) is 22.0 Å². The molecule has 0 fully saturated rings. The number of H-pyrrole nitrogens is 1. The molecule has 0 aliphatic rings. The first-order valence-electron chi connectivity index (χ1n) is 6.41. The Labute approximate surface area is 133 Å². The molecule has 0 aliphatic heterocycles. The van der Waals surface area contributed by atoms with E-state index in [1.165, 1.54) is 11.3 Å². The number of rotatable bonds is 2. The smallest absolute Gasteiger partial charge is 0.261 e. The summed E-state index contributed by atoms with van der Waals surface area (Å²) in [7, 11) is 0. The minimum Gasteiger partial charge on any atom is -0.415 e. The van der Waals surface area contributed by atoms with Crippen LogP contribution in [0.2, 0.25) is 5.02 Å². The number of nitrogens with one attached hydrogen (secondary N) is 1. The molecule has 0 spiro atoms. The summed E-state index contributed by atoms with van der Waals surface area (Å²) in [5.41, 5.74) is 0.748. The van der Waals surface area contributed by atoms with Gasteiger partial charge in [-0.15, -0.1) is 21.5 Å². The zero-order valence-electron chi connectivity index (χ0n) is 11.0. The molecule has 4 aromatic rings. The highest BCUT2D eigenvalue weighted by Gasteiger charge is 2.15. The minimum absolute atomic E-state index is 0.187. The Bertz CT molecular complexity index is 1020. The van der Waals surface area contributed by atoms with Gasteiger partial charge in [0.1, 0.15) is 5.56 Å². The van der Waals surface area contributed by atoms with Crippen molar-refractivity contribution in [1.29, 1.82) is 0 Å². The number of benzene rings is 1. The Balaban J connectivity index is 1.87. The quantitative estimate of drug-likeness (QED) is 0.604. The number of hydrogen-bond donors (Lipinski definition) is 1. The average molecular weight is 330 g/mol. The van der Waals surface area contributed by atoms with Crippen LogP contribution < -0.4 is 5.56 Å². The van der Waals surface area contributed by atoms with E-state index < -0.39 is 0 Å². The number of halogens is 1. The van der Waals surface area contributed by atoms with Gasteiger partial charge in [-0.05, 0) is 35.7 Å². The fourth-order valence-electron chi connectivity index (χ4n) is 2.17. The van der Waals surface area contributed by atoms with Crippen molar-refractivity contribution in [3.63, 3.8) is 0 Å². The highest BCUT2D eigenvalue weighted by Crippen LogP contribution is 2.27. The standard InChI is InChI=1S/C15H8ClN3O2S/c16-9-3-4-11-8(6-9)7-10(13(20)17-11)14-18-19-15(21-14)12-2-1-5-22-12/h1-7H,(H,17,20). The van der Waals surface area contributed by atoms with Gasteiger partial charge in [-0.2, -0.15) is 0 Å². The Kier molecular flexibility index (Phi) is 3.06. The maximum Gasteiger partial charge on any atom is 0.261 e. The van der Waals surface area contributed by atoms with Gasteiger partial charge in [-0.25, -0.2) is 0 Å². The predicted octanol–water partition coefficient (Wildman–Crippen LogP) is 3.96. The van der Waals surface area contributed by atoms with Crippen LogP contribution in [0, 0.1) is 0 Å². The van der Waals surface area contributed by atoms with Gasteiger partial charge in [0.25, 0.3) is 17.3 Å². The van der Waals surface area contributed by atoms with Gasteiger partial charge in [0.2, 0.25) is 0 Å². The van der Waals surface area contributed by atoms with Crippen LogP contribution in [0.3, 0.4) is 0 Å². The molecule has 0 saturated carbocycles. The second kappa shape index (κ2) is 5.08. The average Bonchev–Trinajstić information content (AvgIpc) is 3.17. The molecule has 1 aromatic carbocycles. The van der Waals surface area contributed by atoms with E-state index >= 15 is 0 Å². The Morgan fingerprint density at radius 2 is 2.00 bits per heavy atom. The van der Waals surface area contributed by atoms with E-state index in [1.807, 2.05) is 17.5 Å². The highest BCUT2D eigenvalue weighted by molar-refractivity contribution is 7.13. The van der Waals surface area contributed by atoms with Crippen molar-refractivity contribution in [2.24, 2.45) is 0 Å². The van der Waals surface area contributed by atoms with Gasteiger partial charge in [-0.3, -0.25) is 4.79 Å². The number of nitrogens with zero attached hydrogens (tertiary/aromatic N) is 2. The topological polar surface area (TPSA) is 71.8 Å². The summed E-state index contributed by atoms with van der Waals surface area (Å²) in [6.45, 7) is 0. The van der Waals surface area contributed by atoms with E-state index in [4.69, 9.17) is 16.0 Å². The molecule has 0 atom stereocenters. The molecule has 3 aromatic heterocycles. The van der Waals surface area contributed by atoms with Crippen LogP contribution in [0.1, 0.15) is 0 Å². The first-order chi connectivity index (χ1) is 10.7. The second-order valence-electron chi connectivity index (χ2n) is 4.63. The summed E-state index contributed by atoms with van der Waals surface area (Å²) in [5, 5.41) is 11.3. The zero-order chi connectivity index (χ0) is 15.1. The van der Waals surface area contributed by atoms with Gasteiger partial charge < -0.3 is 9.40 Å². The SMILES string of the molecule is O=c1[nH]c2ccc(Cl)cc2cc1-c1nnc(-c2cccs2)o1. The third-order valence-electron chi connectivity index (χ3n) is 3.19. The fourth-order valence-corrected chi connectivity index (χ4v) is 2.99. The van der Waals surface area contributed by atoms with Crippen molar-refractivity contribution < 1.29 is 4.42 Å². The second-order valence-corrected chi connectivity index (χ2v) is 6.02. The third-order valence-corrected chi connectivity index (χ3v) is 4.29. The fraction of sp³-hybridized carbons (Fsp3) is 0. The molecule has 0 bridgehead atoms. The van der Waals surface area contributed by atoms with Crippen LogP contribution in [-0.4, -0.2) is 15.2 Å². The molecule has 1 N–H and O–H groups in total. The first-order valence-corrected chi connectivity index (χ1v) is 7.67. The Morgan fingerprint density at radius 1 is 1.14 bits per heavy atom. The lowest BCUT2D eigenvalue weighted by Crippen LogP contribution is -2.08. The number of hydrogen-bond acceptors (Lipinski definition) is 5. The molecule has 22 heavy (non-hydrogen) atoms. The summed E-state index contributed by atoms with van der Waals surface area (Å²) < 4.78 is 5.61. The lowest BCUT2D eigenvalue weighted by molar-refractivity contribution is 0.585. The van der Waals surface area contributed by atoms with Gasteiger partial charge in [0, 0.05) is 15.9 Å². The first kappa shape index (κ1) is 13.2. The molecule has 5 nitrogen and oxygen atoms in total. The van der Waals surface area contributed by atoms with Crippen LogP contribution in [0.25, 0.3) is 33.1 Å². The van der Waals surface area contributed by atoms with Gasteiger partial charge >= 0.3 is 0 Å². The molecule has 0 radical (unpaired) electrons. The van der Waals surface area contributed by atoms with Crippen molar-refractivity contribution >= 4 is 33.8 Å². The monoisotopic (exact) mass is 329 g/mol. The number of pyridine rings is 1. The Hall–Kier alpha value is -2.44. The molecule has 0 amide bonds. The van der Waals surface area contributed by atoms with E-state index in [9.17, 15) is 4.79 Å². The summed E-state index contributed by atoms with van der Waals surface area (Å²) in [6.07, 6.45) is 0. The largest absolute Gasteiger partial charge is 0.415 e. The molecular weight excluding hydrogens is 322 g/mol. The number of fused-ring (bicyclic) bond motifs is 1. The molecule has 7 heteroatoms. The number of aromatic amines is 1. The van der Waals surface area contributed by atoms with Crippen molar-refractivity contribution in [3.05, 3.63) is 57.2 Å². The lowest BCUT2D eigenvalue weighted by atomic mass is 10.1. The van der Waals surface area contributed by atoms with Crippen LogP contribution in [0.5, 0.6) is 0 Å². The van der Waals surface area contributed by atoms with E-state index in [0.717, 1.165) is 10.3 Å². The summed E-state index contributed by atoms with van der Waals surface area (Å²) in [6, 6.07) is 10.7. The van der Waals surface area contributed by atoms with Crippen LogP contribution in [0.15, 0.2) is 51.0 Å². The third kappa shape index (κ3) is 2.22. The van der Waals surface area contributed by atoms with Gasteiger partial charge in [-0.1, -0.05) is 17.7 Å². The van der Waals surface area contributed by atoms with Crippen LogP contribution >= 0.6 is 22.9 Å². The molecule has 108 valence electrons. The summed E-state index contributed by atoms with van der Waals surface area (Å²) in [5.74, 6) is 0.585. The van der Waals surface area contributed by atoms with Gasteiger partial charge in [0.05, 0.1) is 4.88 Å². The van der Waals surface area contributed by atoms with E-state index in [2.05, 4.69) is 15.2 Å². The highest BCUT2D eigenvalue weighted by atomic mass is 35.5. The van der Waals surface area contributed by atoms with Gasteiger partial charge in [0.15, 0.2) is 0 Å². The number of thiophene rings is 1. The molecule has 0 saturated heterocycles. The van der Waals surface area contributed by atoms with E-state index in [-0.39, 0.29) is 11.4 Å². The van der Waals surface area contributed by atoms with Crippen LogP contribution in [-0.2, 0) is 0 Å². The summed E-state index contributed by atoms with van der Waals surface area (Å²) >= 11 is 7.48. The molecule has 3 heterocycles. The lowest BCUT2D eigenvalue weighted by Gasteiger charge is -2.00. The maximum atomic E-state index is 12.2. The molecule has 0 unspecified atom stereocenters. The molecular formula is C15H8ClN3O2S. The predicted molar refractivity (Wildman–Crippen MR) is 86.2 cm³/mol. The summed E-state index contributed by atoms with van der Waals surface area (Å²) in [4.78, 5) is 15.8. The van der Waals surface area contributed by atoms with Crippen LogP contribution in [0.4, 0.5) is 0 Å². The van der Waals surface area contributed by atoms with Crippen molar-refractivity contribution in [2.75, 3.05) is 0 Å². The molecule has 0 aliphatic carbocycles. The van der Waals surface area contributed by atoms with Crippen molar-refractivity contribution in [2.45, 2.75) is 0 Å². The minimum atomic E-state index is -0.281. The van der Waals surface area contributed by atoms with Crippen molar-refractivity contribution in [3.8, 4) is 22.2 Å². The molecule has 4 rings (SSSR count). The number of aromatic nitrogens is 3. The normalized spacial score (nSPS) is 11.1. The maximum absolute atomic E-state index is 12.2.